The molecule has 0 aliphatic heterocycles. The van der Waals surface area contributed by atoms with Crippen LogP contribution in [-0.2, 0) is 0 Å². The Morgan fingerprint density at radius 2 is 2.35 bits per heavy atom. The van der Waals surface area contributed by atoms with Crippen LogP contribution in [0.5, 0.6) is 0 Å². The highest BCUT2D eigenvalue weighted by Crippen LogP contribution is 2.17. The van der Waals surface area contributed by atoms with Gasteiger partial charge in [-0.2, -0.15) is 0 Å². The minimum Gasteiger partial charge on any atom is -0.384 e. The summed E-state index contributed by atoms with van der Waals surface area (Å²) in [6.45, 7) is 1.46. The van der Waals surface area contributed by atoms with Crippen LogP contribution in [0.25, 0.3) is 0 Å². The van der Waals surface area contributed by atoms with Gasteiger partial charge < -0.3 is 10.4 Å². The van der Waals surface area contributed by atoms with Crippen LogP contribution in [0.1, 0.15) is 20.2 Å². The van der Waals surface area contributed by atoms with E-state index in [-0.39, 0.29) is 18.1 Å². The molecule has 1 heterocycles. The summed E-state index contributed by atoms with van der Waals surface area (Å²) in [4.78, 5) is 16.4. The van der Waals surface area contributed by atoms with Gasteiger partial charge in [-0.25, -0.2) is 9.37 Å². The molecule has 20 heavy (non-hydrogen) atoms. The van der Waals surface area contributed by atoms with Crippen molar-refractivity contribution in [2.24, 2.45) is 0 Å². The summed E-state index contributed by atoms with van der Waals surface area (Å²) in [6.07, 6.45) is 1.49. The average Bonchev–Trinajstić information content (AvgIpc) is 2.86. The van der Waals surface area contributed by atoms with E-state index in [4.69, 9.17) is 5.11 Å². The van der Waals surface area contributed by atoms with Gasteiger partial charge >= 0.3 is 0 Å². The molecule has 0 saturated heterocycles. The number of hydrogen-bond donors (Lipinski definition) is 2. The fraction of sp³-hybridized carbons (Fsp3) is 0.143. The average molecular weight is 290 g/mol. The van der Waals surface area contributed by atoms with Crippen LogP contribution in [0.15, 0.2) is 24.4 Å². The molecule has 1 aromatic carbocycles. The summed E-state index contributed by atoms with van der Waals surface area (Å²) in [5.41, 5.74) is 0.557. The third-order valence-electron chi connectivity index (χ3n) is 2.37. The number of benzene rings is 1. The number of carbonyl (C=O) groups excluding carboxylic acids is 1. The van der Waals surface area contributed by atoms with E-state index in [2.05, 4.69) is 22.1 Å². The molecular formula is C14H11FN2O2S. The summed E-state index contributed by atoms with van der Waals surface area (Å²) in [5.74, 6) is 4.05. The number of thiazole rings is 1. The minimum absolute atomic E-state index is 0.123. The molecule has 1 amide bonds. The maximum Gasteiger partial charge on any atom is 0.267 e. The Hall–Kier alpha value is -2.23. The number of nitrogens with one attached hydrogen (secondary N) is 1. The van der Waals surface area contributed by atoms with Crippen molar-refractivity contribution in [2.75, 3.05) is 11.9 Å². The van der Waals surface area contributed by atoms with Crippen LogP contribution in [0.2, 0.25) is 0 Å². The first-order chi connectivity index (χ1) is 9.60. The van der Waals surface area contributed by atoms with Crippen LogP contribution in [0.4, 0.5) is 10.1 Å². The highest BCUT2D eigenvalue weighted by molar-refractivity contribution is 7.13. The number of rotatable bonds is 2. The standard InChI is InChI=1S/C14H11FN2O2S/c1-9-16-8-13(20-9)14(19)17-11-4-5-12(15)10(7-11)3-2-6-18/h4-5,7-8,18H,6H2,1H3,(H,17,19). The van der Waals surface area contributed by atoms with E-state index >= 15 is 0 Å². The van der Waals surface area contributed by atoms with Gasteiger partial charge in [-0.15, -0.1) is 11.3 Å². The van der Waals surface area contributed by atoms with Gasteiger partial charge in [-0.3, -0.25) is 4.79 Å². The second-order valence-electron chi connectivity index (χ2n) is 3.85. The SMILES string of the molecule is Cc1ncc(C(=O)Nc2ccc(F)c(C#CCO)c2)s1. The smallest absolute Gasteiger partial charge is 0.267 e. The predicted octanol–water partition coefficient (Wildman–Crippen LogP) is 2.19. The monoisotopic (exact) mass is 290 g/mol. The fourth-order valence-corrected chi connectivity index (χ4v) is 2.17. The lowest BCUT2D eigenvalue weighted by atomic mass is 10.2. The van der Waals surface area contributed by atoms with Crippen molar-refractivity contribution in [3.63, 3.8) is 0 Å². The van der Waals surface area contributed by atoms with E-state index in [1.807, 2.05) is 6.92 Å². The van der Waals surface area contributed by atoms with Crippen molar-refractivity contribution < 1.29 is 14.3 Å². The Balaban J connectivity index is 2.19. The number of aliphatic hydroxyl groups is 1. The second kappa shape index (κ2) is 6.28. The summed E-state index contributed by atoms with van der Waals surface area (Å²) in [5, 5.41) is 12.1. The lowest BCUT2D eigenvalue weighted by Gasteiger charge is -2.04. The Kier molecular flexibility index (Phi) is 4.45. The third kappa shape index (κ3) is 3.41. The molecule has 6 heteroatoms. The van der Waals surface area contributed by atoms with Crippen molar-refractivity contribution in [3.8, 4) is 11.8 Å². The van der Waals surface area contributed by atoms with Gasteiger partial charge in [-0.1, -0.05) is 11.8 Å². The van der Waals surface area contributed by atoms with Gasteiger partial charge in [0.25, 0.3) is 5.91 Å². The van der Waals surface area contributed by atoms with Gasteiger partial charge in [0.15, 0.2) is 0 Å². The van der Waals surface area contributed by atoms with Crippen LogP contribution in [-0.4, -0.2) is 22.6 Å². The molecular weight excluding hydrogens is 279 g/mol. The van der Waals surface area contributed by atoms with Gasteiger partial charge in [-0.05, 0) is 25.1 Å². The number of nitrogens with zero attached hydrogens (tertiary/aromatic N) is 1. The highest BCUT2D eigenvalue weighted by Gasteiger charge is 2.10. The molecule has 0 bridgehead atoms. The molecule has 0 unspecified atom stereocenters. The van der Waals surface area contributed by atoms with Crippen molar-refractivity contribution in [1.82, 2.24) is 4.98 Å². The molecule has 0 spiro atoms. The maximum atomic E-state index is 13.5. The third-order valence-corrected chi connectivity index (χ3v) is 3.28. The van der Waals surface area contributed by atoms with Gasteiger partial charge in [0.1, 0.15) is 17.3 Å². The quantitative estimate of drug-likeness (QED) is 0.833. The van der Waals surface area contributed by atoms with Gasteiger partial charge in [0.2, 0.25) is 0 Å². The molecule has 4 nitrogen and oxygen atoms in total. The van der Waals surface area contributed by atoms with E-state index in [0.717, 1.165) is 5.01 Å². The number of aryl methyl sites for hydroxylation is 1. The van der Waals surface area contributed by atoms with E-state index in [1.54, 1.807) is 0 Å². The van der Waals surface area contributed by atoms with Crippen molar-refractivity contribution in [2.45, 2.75) is 6.92 Å². The normalized spacial score (nSPS) is 9.75. The first-order valence-electron chi connectivity index (χ1n) is 5.73. The Morgan fingerprint density at radius 3 is 3.00 bits per heavy atom. The van der Waals surface area contributed by atoms with Crippen LogP contribution >= 0.6 is 11.3 Å². The zero-order chi connectivity index (χ0) is 14.5. The largest absolute Gasteiger partial charge is 0.384 e. The summed E-state index contributed by atoms with van der Waals surface area (Å²) in [6, 6.07) is 4.09. The molecule has 2 N–H and O–H groups in total. The van der Waals surface area contributed by atoms with E-state index in [0.29, 0.717) is 10.6 Å². The number of carbonyl (C=O) groups is 1. The topological polar surface area (TPSA) is 62.2 Å². The van der Waals surface area contributed by atoms with Crippen molar-refractivity contribution in [3.05, 3.63) is 45.7 Å². The molecule has 2 aromatic rings. The predicted molar refractivity (Wildman–Crippen MR) is 75.2 cm³/mol. The fourth-order valence-electron chi connectivity index (χ4n) is 1.49. The number of aliphatic hydroxyl groups excluding tert-OH is 1. The van der Waals surface area contributed by atoms with E-state index in [9.17, 15) is 9.18 Å². The zero-order valence-electron chi connectivity index (χ0n) is 10.6. The lowest BCUT2D eigenvalue weighted by Crippen LogP contribution is -2.10. The number of amides is 1. The number of aromatic nitrogens is 1. The number of hydrogen-bond acceptors (Lipinski definition) is 4. The summed E-state index contributed by atoms with van der Waals surface area (Å²) < 4.78 is 13.5. The Bertz CT molecular complexity index is 701. The number of halogens is 1. The first kappa shape index (κ1) is 14.2. The second-order valence-corrected chi connectivity index (χ2v) is 5.09. The lowest BCUT2D eigenvalue weighted by molar-refractivity contribution is 0.103. The molecule has 0 radical (unpaired) electrons. The van der Waals surface area contributed by atoms with E-state index < -0.39 is 5.82 Å². The molecule has 0 saturated carbocycles. The summed E-state index contributed by atoms with van der Waals surface area (Å²) >= 11 is 1.28. The molecule has 102 valence electrons. The minimum atomic E-state index is -0.502. The molecule has 2 rings (SSSR count). The Labute approximate surface area is 119 Å². The Morgan fingerprint density at radius 1 is 1.55 bits per heavy atom. The molecule has 0 aliphatic rings. The van der Waals surface area contributed by atoms with Crippen LogP contribution in [0.3, 0.4) is 0 Å². The molecule has 1 aromatic heterocycles. The van der Waals surface area contributed by atoms with Crippen molar-refractivity contribution in [1.29, 1.82) is 0 Å². The first-order valence-corrected chi connectivity index (χ1v) is 6.55. The number of anilines is 1. The van der Waals surface area contributed by atoms with E-state index in [1.165, 1.54) is 35.7 Å². The molecule has 0 aliphatic carbocycles. The van der Waals surface area contributed by atoms with Crippen LogP contribution in [0, 0.1) is 24.6 Å². The highest BCUT2D eigenvalue weighted by atomic mass is 32.1. The summed E-state index contributed by atoms with van der Waals surface area (Å²) in [7, 11) is 0. The van der Waals surface area contributed by atoms with Gasteiger partial charge in [0, 0.05) is 5.69 Å². The zero-order valence-corrected chi connectivity index (χ0v) is 11.4. The molecule has 0 fully saturated rings. The van der Waals surface area contributed by atoms with Crippen LogP contribution < -0.4 is 5.32 Å². The van der Waals surface area contributed by atoms with Gasteiger partial charge in [0.05, 0.1) is 16.8 Å². The van der Waals surface area contributed by atoms with Crippen molar-refractivity contribution >= 4 is 22.9 Å². The molecule has 0 atom stereocenters. The maximum absolute atomic E-state index is 13.5.